The zero-order valence-electron chi connectivity index (χ0n) is 18.7. The average molecular weight is 516 g/mol. The summed E-state index contributed by atoms with van der Waals surface area (Å²) in [7, 11) is 0. The molecule has 0 saturated carbocycles. The van der Waals surface area contributed by atoms with Crippen LogP contribution in [0.25, 0.3) is 11.1 Å². The highest BCUT2D eigenvalue weighted by molar-refractivity contribution is 6.40. The van der Waals surface area contributed by atoms with Crippen LogP contribution in [0.5, 0.6) is 0 Å². The Kier molecular flexibility index (Phi) is 6.74. The third-order valence-corrected chi connectivity index (χ3v) is 7.27. The summed E-state index contributed by atoms with van der Waals surface area (Å²) in [6.07, 6.45) is 0. The van der Waals surface area contributed by atoms with Crippen molar-refractivity contribution in [2.24, 2.45) is 0 Å². The Morgan fingerprint density at radius 2 is 1.71 bits per heavy atom. The number of anilines is 2. The number of para-hydroxylation sites is 1. The van der Waals surface area contributed by atoms with Gasteiger partial charge in [-0.15, -0.1) is 0 Å². The Hall–Kier alpha value is -2.28. The summed E-state index contributed by atoms with van der Waals surface area (Å²) in [6.45, 7) is 6.22. The third kappa shape index (κ3) is 4.51. The number of nitrogens with zero attached hydrogens (tertiary/aromatic N) is 2. The lowest BCUT2D eigenvalue weighted by Crippen LogP contribution is -2.48. The lowest BCUT2D eigenvalue weighted by atomic mass is 9.93. The van der Waals surface area contributed by atoms with Gasteiger partial charge in [-0.3, -0.25) is 9.80 Å². The normalized spacial score (nSPS) is 18.5. The fraction of sp³-hybridized carbons (Fsp3) is 0.269. The summed E-state index contributed by atoms with van der Waals surface area (Å²) in [5.74, 6) is 0. The van der Waals surface area contributed by atoms with Crippen molar-refractivity contribution in [1.82, 2.24) is 15.5 Å². The number of benzene rings is 3. The zero-order chi connectivity index (χ0) is 23.8. The number of amides is 2. The van der Waals surface area contributed by atoms with Crippen LogP contribution < -0.4 is 15.5 Å². The molecule has 34 heavy (non-hydrogen) atoms. The number of carbonyl (C=O) groups is 1. The SMILES string of the molecule is CC1CN(Cc2cc(-c3ccccc3Cl)c3c(c2)N(c2c(Cl)cccc2Cl)C(=O)NC3)CCN1. The molecule has 1 unspecified atom stereocenters. The summed E-state index contributed by atoms with van der Waals surface area (Å²) in [5.41, 5.74) is 5.25. The van der Waals surface area contributed by atoms with Crippen LogP contribution in [0.15, 0.2) is 54.6 Å². The van der Waals surface area contributed by atoms with Gasteiger partial charge >= 0.3 is 6.03 Å². The third-order valence-electron chi connectivity index (χ3n) is 6.33. The molecule has 0 radical (unpaired) electrons. The minimum Gasteiger partial charge on any atom is -0.333 e. The molecule has 2 aliphatic rings. The first-order valence-electron chi connectivity index (χ1n) is 11.3. The summed E-state index contributed by atoms with van der Waals surface area (Å²) < 4.78 is 0. The van der Waals surface area contributed by atoms with E-state index in [9.17, 15) is 4.79 Å². The van der Waals surface area contributed by atoms with E-state index in [2.05, 4.69) is 34.6 Å². The number of rotatable bonds is 4. The van der Waals surface area contributed by atoms with Crippen molar-refractivity contribution < 1.29 is 4.79 Å². The molecule has 0 aliphatic carbocycles. The number of urea groups is 1. The quantitative estimate of drug-likeness (QED) is 0.419. The second-order valence-corrected chi connectivity index (χ2v) is 10.00. The number of fused-ring (bicyclic) bond motifs is 1. The predicted octanol–water partition coefficient (Wildman–Crippen LogP) is 6.47. The highest BCUT2D eigenvalue weighted by atomic mass is 35.5. The number of nitrogens with one attached hydrogen (secondary N) is 2. The molecule has 0 spiro atoms. The Balaban J connectivity index is 1.69. The fourth-order valence-electron chi connectivity index (χ4n) is 4.80. The van der Waals surface area contributed by atoms with Crippen molar-refractivity contribution in [2.75, 3.05) is 24.5 Å². The molecule has 8 heteroatoms. The van der Waals surface area contributed by atoms with Crippen LogP contribution in [-0.4, -0.2) is 36.6 Å². The van der Waals surface area contributed by atoms with Gasteiger partial charge in [0, 0.05) is 54.9 Å². The molecule has 0 aromatic heterocycles. The van der Waals surface area contributed by atoms with Gasteiger partial charge in [-0.1, -0.05) is 59.1 Å². The van der Waals surface area contributed by atoms with E-state index < -0.39 is 0 Å². The topological polar surface area (TPSA) is 47.6 Å². The largest absolute Gasteiger partial charge is 0.333 e. The highest BCUT2D eigenvalue weighted by Gasteiger charge is 2.31. The van der Waals surface area contributed by atoms with Gasteiger partial charge < -0.3 is 10.6 Å². The van der Waals surface area contributed by atoms with E-state index in [0.717, 1.165) is 54.1 Å². The lowest BCUT2D eigenvalue weighted by Gasteiger charge is -2.35. The highest BCUT2D eigenvalue weighted by Crippen LogP contribution is 2.44. The number of hydrogen-bond donors (Lipinski definition) is 2. The van der Waals surface area contributed by atoms with Gasteiger partial charge in [-0.2, -0.15) is 0 Å². The minimum atomic E-state index is -0.263. The number of hydrogen-bond acceptors (Lipinski definition) is 3. The molecule has 2 amide bonds. The van der Waals surface area contributed by atoms with E-state index in [1.54, 1.807) is 23.1 Å². The number of halogens is 3. The first-order chi connectivity index (χ1) is 16.4. The average Bonchev–Trinajstić information content (AvgIpc) is 2.80. The van der Waals surface area contributed by atoms with Crippen molar-refractivity contribution in [2.45, 2.75) is 26.1 Å². The van der Waals surface area contributed by atoms with E-state index in [0.29, 0.717) is 33.3 Å². The van der Waals surface area contributed by atoms with Gasteiger partial charge in [-0.05, 0) is 48.4 Å². The molecule has 2 N–H and O–H groups in total. The maximum atomic E-state index is 13.2. The number of carbonyl (C=O) groups excluding carboxylic acids is 1. The summed E-state index contributed by atoms with van der Waals surface area (Å²) in [6, 6.07) is 17.5. The molecule has 0 bridgehead atoms. The van der Waals surface area contributed by atoms with Gasteiger partial charge in [0.2, 0.25) is 0 Å². The maximum Gasteiger partial charge on any atom is 0.326 e. The molecular formula is C26H25Cl3N4O. The summed E-state index contributed by atoms with van der Waals surface area (Å²) >= 11 is 19.7. The Labute approximate surface area is 214 Å². The zero-order valence-corrected chi connectivity index (χ0v) is 21.0. The molecule has 5 rings (SSSR count). The Bertz CT molecular complexity index is 1230. The van der Waals surface area contributed by atoms with Gasteiger partial charge in [0.25, 0.3) is 0 Å². The summed E-state index contributed by atoms with van der Waals surface area (Å²) in [4.78, 5) is 17.2. The van der Waals surface area contributed by atoms with Gasteiger partial charge in [0.1, 0.15) is 0 Å². The van der Waals surface area contributed by atoms with Crippen LogP contribution in [0, 0.1) is 0 Å². The molecule has 1 atom stereocenters. The van der Waals surface area contributed by atoms with Crippen molar-refractivity contribution in [3.8, 4) is 11.1 Å². The van der Waals surface area contributed by atoms with E-state index in [1.165, 1.54) is 0 Å². The van der Waals surface area contributed by atoms with Gasteiger partial charge in [-0.25, -0.2) is 4.79 Å². The van der Waals surface area contributed by atoms with E-state index in [1.807, 2.05) is 24.3 Å². The van der Waals surface area contributed by atoms with Gasteiger partial charge in [0.05, 0.1) is 21.4 Å². The first kappa shape index (κ1) is 23.5. The van der Waals surface area contributed by atoms with Crippen molar-refractivity contribution in [1.29, 1.82) is 0 Å². The smallest absolute Gasteiger partial charge is 0.326 e. The van der Waals surface area contributed by atoms with Crippen LogP contribution in [-0.2, 0) is 13.1 Å². The fourth-order valence-corrected chi connectivity index (χ4v) is 5.61. The standard InChI is InChI=1S/C26H25Cl3N4O/c1-16-14-32(10-9-30-16)15-17-11-19(18-5-2-3-6-21(18)27)20-13-31-26(34)33(24(20)12-17)25-22(28)7-4-8-23(25)29/h2-8,11-12,16,30H,9-10,13-15H2,1H3,(H,31,34). The van der Waals surface area contributed by atoms with Crippen molar-refractivity contribution in [3.63, 3.8) is 0 Å². The molecule has 2 heterocycles. The van der Waals surface area contributed by atoms with E-state index in [-0.39, 0.29) is 6.03 Å². The monoisotopic (exact) mass is 514 g/mol. The van der Waals surface area contributed by atoms with Gasteiger partial charge in [0.15, 0.2) is 0 Å². The predicted molar refractivity (Wildman–Crippen MR) is 140 cm³/mol. The first-order valence-corrected chi connectivity index (χ1v) is 12.4. The molecule has 3 aromatic carbocycles. The van der Waals surface area contributed by atoms with Crippen LogP contribution in [0.2, 0.25) is 15.1 Å². The van der Waals surface area contributed by atoms with Crippen LogP contribution >= 0.6 is 34.8 Å². The van der Waals surface area contributed by atoms with Crippen molar-refractivity contribution in [3.05, 3.63) is 80.8 Å². The molecule has 3 aromatic rings. The minimum absolute atomic E-state index is 0.263. The lowest BCUT2D eigenvalue weighted by molar-refractivity contribution is 0.199. The molecule has 176 valence electrons. The Morgan fingerprint density at radius 1 is 0.971 bits per heavy atom. The maximum absolute atomic E-state index is 13.2. The van der Waals surface area contributed by atoms with Crippen LogP contribution in [0.1, 0.15) is 18.1 Å². The van der Waals surface area contributed by atoms with Crippen LogP contribution in [0.4, 0.5) is 16.2 Å². The molecule has 5 nitrogen and oxygen atoms in total. The van der Waals surface area contributed by atoms with E-state index >= 15 is 0 Å². The molecule has 2 aliphatic heterocycles. The molecular weight excluding hydrogens is 491 g/mol. The van der Waals surface area contributed by atoms with Crippen molar-refractivity contribution >= 4 is 52.2 Å². The second kappa shape index (κ2) is 9.76. The number of piperazine rings is 1. The molecule has 1 fully saturated rings. The summed E-state index contributed by atoms with van der Waals surface area (Å²) in [5, 5.41) is 7.96. The molecule has 1 saturated heterocycles. The second-order valence-electron chi connectivity index (χ2n) is 8.78. The Morgan fingerprint density at radius 3 is 2.44 bits per heavy atom. The van der Waals surface area contributed by atoms with E-state index in [4.69, 9.17) is 34.8 Å². The van der Waals surface area contributed by atoms with Crippen LogP contribution in [0.3, 0.4) is 0 Å².